The van der Waals surface area contributed by atoms with E-state index in [-0.39, 0.29) is 5.54 Å². The highest BCUT2D eigenvalue weighted by Crippen LogP contribution is 2.26. The van der Waals surface area contributed by atoms with Gasteiger partial charge in [-0.2, -0.15) is 0 Å². The van der Waals surface area contributed by atoms with Gasteiger partial charge in [0.15, 0.2) is 0 Å². The summed E-state index contributed by atoms with van der Waals surface area (Å²) in [4.78, 5) is 0. The first-order chi connectivity index (χ1) is 9.18. The first-order valence-corrected chi connectivity index (χ1v) is 7.10. The van der Waals surface area contributed by atoms with Crippen LogP contribution in [0.25, 0.3) is 0 Å². The molecule has 100 valence electrons. The maximum absolute atomic E-state index is 6.62. The molecule has 0 heterocycles. The molecular weight excluding hydrogens is 230 g/mol. The van der Waals surface area contributed by atoms with Gasteiger partial charge in [0.05, 0.1) is 0 Å². The van der Waals surface area contributed by atoms with Crippen LogP contribution in [0.5, 0.6) is 0 Å². The van der Waals surface area contributed by atoms with Crippen LogP contribution in [0.4, 0.5) is 0 Å². The molecule has 2 rings (SSSR count). The van der Waals surface area contributed by atoms with Crippen molar-refractivity contribution in [1.82, 2.24) is 0 Å². The Morgan fingerprint density at radius 2 is 1.42 bits per heavy atom. The van der Waals surface area contributed by atoms with Crippen molar-refractivity contribution in [3.05, 3.63) is 71.3 Å². The smallest absolute Gasteiger partial charge is 0.0447 e. The zero-order chi connectivity index (χ0) is 13.7. The minimum atomic E-state index is -0.269. The van der Waals surface area contributed by atoms with Crippen molar-refractivity contribution < 1.29 is 0 Å². The van der Waals surface area contributed by atoms with Crippen LogP contribution in [0, 0.1) is 0 Å². The summed E-state index contributed by atoms with van der Waals surface area (Å²) in [6, 6.07) is 19.2. The lowest BCUT2D eigenvalue weighted by Crippen LogP contribution is -2.38. The molecule has 0 aliphatic rings. The maximum atomic E-state index is 6.62. The molecule has 0 spiro atoms. The predicted molar refractivity (Wildman–Crippen MR) is 82.1 cm³/mol. The molecule has 0 saturated heterocycles. The molecule has 0 bridgehead atoms. The van der Waals surface area contributed by atoms with Crippen molar-refractivity contribution in [2.45, 2.75) is 38.6 Å². The Labute approximate surface area is 116 Å². The molecule has 2 aromatic rings. The van der Waals surface area contributed by atoms with Gasteiger partial charge in [-0.3, -0.25) is 0 Å². The summed E-state index contributed by atoms with van der Waals surface area (Å²) >= 11 is 0. The molecule has 0 aromatic heterocycles. The zero-order valence-corrected chi connectivity index (χ0v) is 11.9. The minimum absolute atomic E-state index is 0.269. The van der Waals surface area contributed by atoms with Crippen molar-refractivity contribution in [3.63, 3.8) is 0 Å². The van der Waals surface area contributed by atoms with Crippen molar-refractivity contribution >= 4 is 0 Å². The van der Waals surface area contributed by atoms with Gasteiger partial charge in [0.1, 0.15) is 0 Å². The lowest BCUT2D eigenvalue weighted by molar-refractivity contribution is 0.425. The number of rotatable bonds is 5. The highest BCUT2D eigenvalue weighted by Gasteiger charge is 2.25. The number of nitrogens with two attached hydrogens (primary N) is 1. The van der Waals surface area contributed by atoms with Crippen LogP contribution in [0.3, 0.4) is 0 Å². The molecule has 0 aliphatic heterocycles. The maximum Gasteiger partial charge on any atom is 0.0447 e. The van der Waals surface area contributed by atoms with E-state index in [0.29, 0.717) is 0 Å². The van der Waals surface area contributed by atoms with Crippen LogP contribution in [-0.2, 0) is 18.4 Å². The van der Waals surface area contributed by atoms with E-state index < -0.39 is 0 Å². The molecule has 1 heteroatoms. The Morgan fingerprint density at radius 3 is 1.95 bits per heavy atom. The molecule has 0 aliphatic carbocycles. The topological polar surface area (TPSA) is 26.0 Å². The normalized spacial score (nSPS) is 14.1. The summed E-state index contributed by atoms with van der Waals surface area (Å²) in [6.07, 6.45) is 2.91. The summed E-state index contributed by atoms with van der Waals surface area (Å²) in [5.74, 6) is 0. The molecule has 19 heavy (non-hydrogen) atoms. The third kappa shape index (κ3) is 3.24. The lowest BCUT2D eigenvalue weighted by atomic mass is 9.82. The third-order valence-corrected chi connectivity index (χ3v) is 3.93. The summed E-state index contributed by atoms with van der Waals surface area (Å²) < 4.78 is 0. The number of benzene rings is 2. The molecule has 1 unspecified atom stereocenters. The highest BCUT2D eigenvalue weighted by atomic mass is 14.7. The number of hydrogen-bond acceptors (Lipinski definition) is 1. The van der Waals surface area contributed by atoms with Crippen molar-refractivity contribution in [3.8, 4) is 0 Å². The molecule has 2 N–H and O–H groups in total. The van der Waals surface area contributed by atoms with Gasteiger partial charge < -0.3 is 5.73 Å². The SMILES string of the molecule is CCc1ccc(CC(N)(CC)c2ccccc2)cc1. The fraction of sp³-hybridized carbons (Fsp3) is 0.333. The van der Waals surface area contributed by atoms with Gasteiger partial charge in [0.25, 0.3) is 0 Å². The molecular formula is C18H23N. The van der Waals surface area contributed by atoms with E-state index >= 15 is 0 Å². The average Bonchev–Trinajstić information content (AvgIpc) is 2.49. The monoisotopic (exact) mass is 253 g/mol. The largest absolute Gasteiger partial charge is 0.321 e. The van der Waals surface area contributed by atoms with E-state index in [1.165, 1.54) is 16.7 Å². The van der Waals surface area contributed by atoms with Crippen LogP contribution in [0.2, 0.25) is 0 Å². The second-order valence-corrected chi connectivity index (χ2v) is 5.22. The fourth-order valence-corrected chi connectivity index (χ4v) is 2.46. The van der Waals surface area contributed by atoms with Crippen LogP contribution >= 0.6 is 0 Å². The summed E-state index contributed by atoms with van der Waals surface area (Å²) in [5.41, 5.74) is 10.3. The van der Waals surface area contributed by atoms with E-state index in [4.69, 9.17) is 5.73 Å². The van der Waals surface area contributed by atoms with Gasteiger partial charge >= 0.3 is 0 Å². The first kappa shape index (κ1) is 13.8. The predicted octanol–water partition coefficient (Wildman–Crippen LogP) is 4.06. The fourth-order valence-electron chi connectivity index (χ4n) is 2.46. The molecule has 0 saturated carbocycles. The zero-order valence-electron chi connectivity index (χ0n) is 11.9. The first-order valence-electron chi connectivity index (χ1n) is 7.10. The standard InChI is InChI=1S/C18H23N/c1-3-15-10-12-16(13-11-15)14-18(19,4-2)17-8-6-5-7-9-17/h5-13H,3-4,14,19H2,1-2H3. The Hall–Kier alpha value is -1.60. The van der Waals surface area contributed by atoms with E-state index in [9.17, 15) is 0 Å². The Bertz CT molecular complexity index is 501. The minimum Gasteiger partial charge on any atom is -0.321 e. The van der Waals surface area contributed by atoms with Crippen LogP contribution in [0.1, 0.15) is 37.0 Å². The summed E-state index contributed by atoms with van der Waals surface area (Å²) in [6.45, 7) is 4.34. The van der Waals surface area contributed by atoms with E-state index in [1.54, 1.807) is 0 Å². The van der Waals surface area contributed by atoms with Gasteiger partial charge in [-0.1, -0.05) is 68.4 Å². The van der Waals surface area contributed by atoms with Gasteiger partial charge in [0, 0.05) is 5.54 Å². The third-order valence-electron chi connectivity index (χ3n) is 3.93. The highest BCUT2D eigenvalue weighted by molar-refractivity contribution is 5.29. The number of aryl methyl sites for hydroxylation is 1. The van der Waals surface area contributed by atoms with Crippen LogP contribution in [-0.4, -0.2) is 0 Å². The summed E-state index contributed by atoms with van der Waals surface area (Å²) in [5, 5.41) is 0. The Balaban J connectivity index is 2.22. The summed E-state index contributed by atoms with van der Waals surface area (Å²) in [7, 11) is 0. The van der Waals surface area contributed by atoms with E-state index in [0.717, 1.165) is 19.3 Å². The molecule has 2 aromatic carbocycles. The molecule has 0 fully saturated rings. The van der Waals surface area contributed by atoms with E-state index in [1.807, 2.05) is 6.07 Å². The molecule has 0 amide bonds. The van der Waals surface area contributed by atoms with Crippen LogP contribution in [0.15, 0.2) is 54.6 Å². The van der Waals surface area contributed by atoms with Crippen molar-refractivity contribution in [1.29, 1.82) is 0 Å². The van der Waals surface area contributed by atoms with Gasteiger partial charge in [-0.25, -0.2) is 0 Å². The molecule has 1 atom stereocenters. The van der Waals surface area contributed by atoms with Gasteiger partial charge in [-0.05, 0) is 36.0 Å². The quantitative estimate of drug-likeness (QED) is 0.854. The van der Waals surface area contributed by atoms with Gasteiger partial charge in [-0.15, -0.1) is 0 Å². The Kier molecular flexibility index (Phi) is 4.39. The van der Waals surface area contributed by atoms with Crippen molar-refractivity contribution in [2.75, 3.05) is 0 Å². The van der Waals surface area contributed by atoms with Gasteiger partial charge in [0.2, 0.25) is 0 Å². The molecule has 1 nitrogen and oxygen atoms in total. The number of hydrogen-bond donors (Lipinski definition) is 1. The average molecular weight is 253 g/mol. The Morgan fingerprint density at radius 1 is 0.842 bits per heavy atom. The molecule has 0 radical (unpaired) electrons. The second kappa shape index (κ2) is 6.03. The lowest BCUT2D eigenvalue weighted by Gasteiger charge is -2.29. The van der Waals surface area contributed by atoms with Crippen molar-refractivity contribution in [2.24, 2.45) is 5.73 Å². The van der Waals surface area contributed by atoms with Crippen LogP contribution < -0.4 is 5.73 Å². The second-order valence-electron chi connectivity index (χ2n) is 5.22. The van der Waals surface area contributed by atoms with E-state index in [2.05, 4.69) is 62.4 Å².